The predicted molar refractivity (Wildman–Crippen MR) is 66.7 cm³/mol. The van der Waals surface area contributed by atoms with E-state index in [0.29, 0.717) is 5.92 Å². The zero-order chi connectivity index (χ0) is 11.4. The first-order valence-electron chi connectivity index (χ1n) is 5.67. The topological polar surface area (TPSA) is 55.6 Å². The molecule has 1 aliphatic rings. The van der Waals surface area contributed by atoms with Crippen molar-refractivity contribution in [2.75, 3.05) is 20.2 Å². The lowest BCUT2D eigenvalue weighted by atomic mass is 9.94. The third-order valence-electron chi connectivity index (χ3n) is 3.21. The monoisotopic (exact) mass is 250 g/mol. The summed E-state index contributed by atoms with van der Waals surface area (Å²) >= 11 is 0. The van der Waals surface area contributed by atoms with Crippen LogP contribution in [0.2, 0.25) is 0 Å². The van der Waals surface area contributed by atoms with Gasteiger partial charge < -0.3 is 15.4 Å². The minimum absolute atomic E-state index is 0. The van der Waals surface area contributed by atoms with E-state index in [9.17, 15) is 4.79 Å². The minimum Gasteiger partial charge on any atom is -0.372 e. The van der Waals surface area contributed by atoms with Crippen molar-refractivity contribution >= 4 is 18.3 Å². The molecule has 3 atom stereocenters. The highest BCUT2D eigenvalue weighted by atomic mass is 35.5. The second-order valence-electron chi connectivity index (χ2n) is 4.35. The van der Waals surface area contributed by atoms with Gasteiger partial charge in [-0.1, -0.05) is 13.8 Å². The maximum atomic E-state index is 12.0. The van der Waals surface area contributed by atoms with E-state index in [0.717, 1.165) is 25.9 Å². The summed E-state index contributed by atoms with van der Waals surface area (Å²) in [6.07, 6.45) is 1.34. The molecule has 4 nitrogen and oxygen atoms in total. The van der Waals surface area contributed by atoms with E-state index in [1.54, 1.807) is 7.11 Å². The number of methoxy groups -OCH3 is 1. The van der Waals surface area contributed by atoms with Crippen LogP contribution in [-0.2, 0) is 9.53 Å². The highest BCUT2D eigenvalue weighted by Crippen LogP contribution is 2.16. The number of halogens is 1. The van der Waals surface area contributed by atoms with E-state index in [2.05, 4.69) is 6.92 Å². The number of nitrogens with two attached hydrogens (primary N) is 1. The molecule has 1 heterocycles. The Bertz CT molecular complexity index is 222. The molecule has 0 aromatic heterocycles. The standard InChI is InChI=1S/C11H22N2O2.ClH/c1-4-10(15-3)11(14)13-6-5-9(12)8(2)7-13;/h8-10H,4-7,12H2,1-3H3;1H. The van der Waals surface area contributed by atoms with Gasteiger partial charge in [-0.3, -0.25) is 4.79 Å². The SMILES string of the molecule is CCC(OC)C(=O)N1CCC(N)C(C)C1.Cl. The van der Waals surface area contributed by atoms with Crippen LogP contribution in [0.25, 0.3) is 0 Å². The zero-order valence-corrected chi connectivity index (χ0v) is 11.1. The first-order chi connectivity index (χ1) is 7.10. The largest absolute Gasteiger partial charge is 0.372 e. The lowest BCUT2D eigenvalue weighted by Crippen LogP contribution is -2.51. The molecule has 2 N–H and O–H groups in total. The van der Waals surface area contributed by atoms with E-state index >= 15 is 0 Å². The van der Waals surface area contributed by atoms with Crippen LogP contribution in [-0.4, -0.2) is 43.2 Å². The van der Waals surface area contributed by atoms with Crippen LogP contribution in [0.5, 0.6) is 0 Å². The number of carbonyl (C=O) groups is 1. The number of ether oxygens (including phenoxy) is 1. The summed E-state index contributed by atoms with van der Waals surface area (Å²) in [5.41, 5.74) is 5.91. The molecule has 1 fully saturated rings. The van der Waals surface area contributed by atoms with Crippen LogP contribution in [0, 0.1) is 5.92 Å². The number of amides is 1. The average molecular weight is 251 g/mol. The number of carbonyl (C=O) groups excluding carboxylic acids is 1. The number of likely N-dealkylation sites (tertiary alicyclic amines) is 1. The van der Waals surface area contributed by atoms with Gasteiger partial charge in [0.05, 0.1) is 0 Å². The van der Waals surface area contributed by atoms with Gasteiger partial charge in [0.2, 0.25) is 0 Å². The summed E-state index contributed by atoms with van der Waals surface area (Å²) in [7, 11) is 1.59. The normalized spacial score (nSPS) is 27.1. The molecular weight excluding hydrogens is 228 g/mol. The summed E-state index contributed by atoms with van der Waals surface area (Å²) in [6, 6.07) is 0.233. The maximum absolute atomic E-state index is 12.0. The highest BCUT2D eigenvalue weighted by Gasteiger charge is 2.29. The number of hydrogen-bond donors (Lipinski definition) is 1. The molecular formula is C11H23ClN2O2. The Morgan fingerprint density at radius 2 is 2.25 bits per heavy atom. The van der Waals surface area contributed by atoms with Gasteiger partial charge in [0.15, 0.2) is 0 Å². The molecule has 0 spiro atoms. The van der Waals surface area contributed by atoms with Crippen LogP contribution in [0.15, 0.2) is 0 Å². The fourth-order valence-corrected chi connectivity index (χ4v) is 2.01. The Balaban J connectivity index is 0.00000225. The van der Waals surface area contributed by atoms with Crippen LogP contribution in [0.4, 0.5) is 0 Å². The molecule has 0 aromatic carbocycles. The van der Waals surface area contributed by atoms with Crippen molar-refractivity contribution in [1.82, 2.24) is 4.90 Å². The van der Waals surface area contributed by atoms with Gasteiger partial charge in [-0.2, -0.15) is 0 Å². The van der Waals surface area contributed by atoms with Crippen LogP contribution >= 0.6 is 12.4 Å². The van der Waals surface area contributed by atoms with Crippen molar-refractivity contribution in [3.05, 3.63) is 0 Å². The smallest absolute Gasteiger partial charge is 0.251 e. The van der Waals surface area contributed by atoms with Crippen LogP contribution in [0.3, 0.4) is 0 Å². The number of hydrogen-bond acceptors (Lipinski definition) is 3. The fourth-order valence-electron chi connectivity index (χ4n) is 2.01. The zero-order valence-electron chi connectivity index (χ0n) is 10.3. The molecule has 0 radical (unpaired) electrons. The first-order valence-corrected chi connectivity index (χ1v) is 5.67. The minimum atomic E-state index is -0.286. The van der Waals surface area contributed by atoms with Gasteiger partial charge in [-0.15, -0.1) is 12.4 Å². The highest BCUT2D eigenvalue weighted by molar-refractivity contribution is 5.85. The third kappa shape index (κ3) is 3.61. The van der Waals surface area contributed by atoms with Crippen molar-refractivity contribution in [3.63, 3.8) is 0 Å². The van der Waals surface area contributed by atoms with Crippen molar-refractivity contribution in [2.24, 2.45) is 11.7 Å². The maximum Gasteiger partial charge on any atom is 0.251 e. The molecule has 1 aliphatic heterocycles. The summed E-state index contributed by atoms with van der Waals surface area (Å²) in [6.45, 7) is 5.59. The summed E-state index contributed by atoms with van der Waals surface area (Å²) in [5, 5.41) is 0. The van der Waals surface area contributed by atoms with Gasteiger partial charge in [0, 0.05) is 26.2 Å². The molecule has 0 aliphatic carbocycles. The van der Waals surface area contributed by atoms with E-state index in [1.807, 2.05) is 11.8 Å². The Kier molecular flexibility index (Phi) is 6.95. The average Bonchev–Trinajstić information content (AvgIpc) is 2.23. The van der Waals surface area contributed by atoms with Crippen molar-refractivity contribution < 1.29 is 9.53 Å². The molecule has 3 unspecified atom stereocenters. The summed E-state index contributed by atoms with van der Waals surface area (Å²) in [4.78, 5) is 13.9. The molecule has 96 valence electrons. The van der Waals surface area contributed by atoms with Crippen molar-refractivity contribution in [3.8, 4) is 0 Å². The van der Waals surface area contributed by atoms with Gasteiger partial charge in [-0.05, 0) is 18.8 Å². The van der Waals surface area contributed by atoms with E-state index < -0.39 is 0 Å². The van der Waals surface area contributed by atoms with E-state index in [-0.39, 0.29) is 30.5 Å². The number of nitrogens with zero attached hydrogens (tertiary/aromatic N) is 1. The summed E-state index contributed by atoms with van der Waals surface area (Å²) in [5.74, 6) is 0.496. The van der Waals surface area contributed by atoms with Crippen LogP contribution < -0.4 is 5.73 Å². The quantitative estimate of drug-likeness (QED) is 0.814. The van der Waals surface area contributed by atoms with Gasteiger partial charge in [-0.25, -0.2) is 0 Å². The molecule has 0 saturated carbocycles. The molecule has 5 heteroatoms. The third-order valence-corrected chi connectivity index (χ3v) is 3.21. The molecule has 1 amide bonds. The molecule has 0 aromatic rings. The second-order valence-corrected chi connectivity index (χ2v) is 4.35. The Hall–Kier alpha value is -0.320. The first kappa shape index (κ1) is 15.7. The predicted octanol–water partition coefficient (Wildman–Crippen LogP) is 1.03. The van der Waals surface area contributed by atoms with Gasteiger partial charge >= 0.3 is 0 Å². The number of rotatable bonds is 3. The van der Waals surface area contributed by atoms with Crippen molar-refractivity contribution in [1.29, 1.82) is 0 Å². The second kappa shape index (κ2) is 7.09. The molecule has 1 saturated heterocycles. The fraction of sp³-hybridized carbons (Fsp3) is 0.909. The molecule has 16 heavy (non-hydrogen) atoms. The summed E-state index contributed by atoms with van der Waals surface area (Å²) < 4.78 is 5.15. The van der Waals surface area contributed by atoms with Gasteiger partial charge in [0.25, 0.3) is 5.91 Å². The van der Waals surface area contributed by atoms with Crippen molar-refractivity contribution in [2.45, 2.75) is 38.8 Å². The van der Waals surface area contributed by atoms with Gasteiger partial charge in [0.1, 0.15) is 6.10 Å². The number of piperidine rings is 1. The lowest BCUT2D eigenvalue weighted by molar-refractivity contribution is -0.144. The van der Waals surface area contributed by atoms with E-state index in [4.69, 9.17) is 10.5 Å². The molecule has 1 rings (SSSR count). The van der Waals surface area contributed by atoms with E-state index in [1.165, 1.54) is 0 Å². The van der Waals surface area contributed by atoms with Crippen LogP contribution in [0.1, 0.15) is 26.7 Å². The Morgan fingerprint density at radius 1 is 1.62 bits per heavy atom. The molecule has 0 bridgehead atoms. The lowest BCUT2D eigenvalue weighted by Gasteiger charge is -2.36. The Morgan fingerprint density at radius 3 is 2.69 bits per heavy atom. The Labute approximate surface area is 104 Å².